The molecule has 6 nitrogen and oxygen atoms in total. The highest BCUT2D eigenvalue weighted by atomic mass is 79.9. The molecule has 0 radical (unpaired) electrons. The van der Waals surface area contributed by atoms with Gasteiger partial charge in [0.05, 0.1) is 21.6 Å². The lowest BCUT2D eigenvalue weighted by Gasteiger charge is -2.20. The molecule has 0 bridgehead atoms. The highest BCUT2D eigenvalue weighted by Gasteiger charge is 2.18. The van der Waals surface area contributed by atoms with Crippen LogP contribution < -0.4 is 5.32 Å². The van der Waals surface area contributed by atoms with E-state index in [1.165, 1.54) is 13.0 Å². The van der Waals surface area contributed by atoms with E-state index in [0.717, 1.165) is 5.56 Å². The molecule has 0 fully saturated rings. The average Bonchev–Trinajstić information content (AvgIpc) is 2.31. The van der Waals surface area contributed by atoms with Gasteiger partial charge in [-0.25, -0.2) is 0 Å². The van der Waals surface area contributed by atoms with Crippen molar-refractivity contribution in [3.63, 3.8) is 0 Å². The van der Waals surface area contributed by atoms with Gasteiger partial charge in [-0.15, -0.1) is 0 Å². The summed E-state index contributed by atoms with van der Waals surface area (Å²) in [7, 11) is 0. The summed E-state index contributed by atoms with van der Waals surface area (Å²) in [6.07, 6.45) is 0. The minimum absolute atomic E-state index is 0.00298. The molecular weight excluding hydrogens is 304 g/mol. The van der Waals surface area contributed by atoms with E-state index in [-0.39, 0.29) is 18.8 Å². The van der Waals surface area contributed by atoms with Crippen LogP contribution in [0.2, 0.25) is 0 Å². The number of nitrogens with one attached hydrogen (secondary N) is 1. The fourth-order valence-electron chi connectivity index (χ4n) is 1.34. The van der Waals surface area contributed by atoms with E-state index in [1.54, 1.807) is 12.1 Å². The lowest BCUT2D eigenvalue weighted by atomic mass is 10.1. The van der Waals surface area contributed by atoms with Crippen LogP contribution in [-0.2, 0) is 6.54 Å². The van der Waals surface area contributed by atoms with E-state index < -0.39 is 10.5 Å². The third kappa shape index (κ3) is 4.34. The number of hydrogen-bond donors (Lipinski definition) is 3. The second-order valence-electron chi connectivity index (χ2n) is 4.30. The molecule has 1 aromatic rings. The van der Waals surface area contributed by atoms with E-state index >= 15 is 0 Å². The zero-order chi connectivity index (χ0) is 13.8. The van der Waals surface area contributed by atoms with Crippen LogP contribution >= 0.6 is 15.9 Å². The summed E-state index contributed by atoms with van der Waals surface area (Å²) in [6, 6.07) is 4.82. The predicted molar refractivity (Wildman–Crippen MR) is 70.2 cm³/mol. The zero-order valence-corrected chi connectivity index (χ0v) is 11.5. The standard InChI is InChI=1S/C11H15BrN2O4/c1-11(16,7-15)6-13-5-8-2-3-9(12)10(4-8)14(17)18/h2-4,13,15-16H,5-7H2,1H3. The van der Waals surface area contributed by atoms with Gasteiger partial charge in [0.1, 0.15) is 0 Å². The van der Waals surface area contributed by atoms with E-state index in [1.807, 2.05) is 0 Å². The van der Waals surface area contributed by atoms with Crippen LogP contribution in [0.3, 0.4) is 0 Å². The predicted octanol–water partition coefficient (Wildman–Crippen LogP) is 1.19. The van der Waals surface area contributed by atoms with Crippen LogP contribution in [0.25, 0.3) is 0 Å². The maximum absolute atomic E-state index is 10.7. The summed E-state index contributed by atoms with van der Waals surface area (Å²) in [5, 5.41) is 32.1. The molecule has 0 saturated carbocycles. The van der Waals surface area contributed by atoms with Gasteiger partial charge >= 0.3 is 0 Å². The normalized spacial score (nSPS) is 14.2. The molecule has 1 unspecified atom stereocenters. The Morgan fingerprint density at radius 2 is 2.22 bits per heavy atom. The highest BCUT2D eigenvalue weighted by molar-refractivity contribution is 9.10. The third-order valence-electron chi connectivity index (χ3n) is 2.38. The minimum Gasteiger partial charge on any atom is -0.393 e. The van der Waals surface area contributed by atoms with Crippen molar-refractivity contribution in [2.75, 3.05) is 13.2 Å². The van der Waals surface area contributed by atoms with Gasteiger partial charge in [-0.1, -0.05) is 6.07 Å². The first-order valence-corrected chi connectivity index (χ1v) is 6.12. The molecule has 0 aliphatic carbocycles. The first-order valence-electron chi connectivity index (χ1n) is 5.32. The van der Waals surface area contributed by atoms with Gasteiger partial charge in [0.25, 0.3) is 5.69 Å². The summed E-state index contributed by atoms with van der Waals surface area (Å²) in [6.45, 7) is 1.74. The number of nitro groups is 1. The number of halogens is 1. The fraction of sp³-hybridized carbons (Fsp3) is 0.455. The summed E-state index contributed by atoms with van der Waals surface area (Å²) in [4.78, 5) is 10.3. The third-order valence-corrected chi connectivity index (χ3v) is 3.05. The van der Waals surface area contributed by atoms with Crippen molar-refractivity contribution in [3.05, 3.63) is 38.3 Å². The largest absolute Gasteiger partial charge is 0.393 e. The Morgan fingerprint density at radius 3 is 2.78 bits per heavy atom. The van der Waals surface area contributed by atoms with Gasteiger partial charge in [0, 0.05) is 19.2 Å². The molecule has 0 saturated heterocycles. The van der Waals surface area contributed by atoms with Crippen LogP contribution in [0.4, 0.5) is 5.69 Å². The van der Waals surface area contributed by atoms with E-state index in [4.69, 9.17) is 5.11 Å². The number of benzene rings is 1. The molecule has 100 valence electrons. The van der Waals surface area contributed by atoms with Crippen molar-refractivity contribution < 1.29 is 15.1 Å². The minimum atomic E-state index is -1.19. The van der Waals surface area contributed by atoms with Gasteiger partial charge in [0.15, 0.2) is 0 Å². The lowest BCUT2D eigenvalue weighted by Crippen LogP contribution is -2.40. The average molecular weight is 319 g/mol. The highest BCUT2D eigenvalue weighted by Crippen LogP contribution is 2.25. The molecule has 0 aromatic heterocycles. The molecule has 0 spiro atoms. The van der Waals surface area contributed by atoms with Gasteiger partial charge in [-0.05, 0) is 34.5 Å². The number of nitro benzene ring substituents is 1. The Labute approximate surface area is 113 Å². The number of aliphatic hydroxyl groups is 2. The van der Waals surface area contributed by atoms with Crippen molar-refractivity contribution >= 4 is 21.6 Å². The topological polar surface area (TPSA) is 95.6 Å². The molecule has 1 aromatic carbocycles. The molecular formula is C11H15BrN2O4. The molecule has 1 rings (SSSR count). The van der Waals surface area contributed by atoms with Crippen molar-refractivity contribution in [2.45, 2.75) is 19.1 Å². The van der Waals surface area contributed by atoms with Crippen LogP contribution in [0, 0.1) is 10.1 Å². The molecule has 0 heterocycles. The summed E-state index contributed by atoms with van der Waals surface area (Å²) >= 11 is 3.11. The van der Waals surface area contributed by atoms with E-state index in [0.29, 0.717) is 11.0 Å². The second-order valence-corrected chi connectivity index (χ2v) is 5.16. The van der Waals surface area contributed by atoms with Crippen LogP contribution in [0.15, 0.2) is 22.7 Å². The monoisotopic (exact) mass is 318 g/mol. The molecule has 1 atom stereocenters. The van der Waals surface area contributed by atoms with Gasteiger partial charge in [-0.3, -0.25) is 10.1 Å². The first kappa shape index (κ1) is 15.0. The molecule has 3 N–H and O–H groups in total. The Balaban J connectivity index is 2.64. The Kier molecular flexibility index (Phi) is 5.21. The van der Waals surface area contributed by atoms with Crippen molar-refractivity contribution in [2.24, 2.45) is 0 Å². The van der Waals surface area contributed by atoms with Crippen LogP contribution in [0.5, 0.6) is 0 Å². The molecule has 18 heavy (non-hydrogen) atoms. The maximum Gasteiger partial charge on any atom is 0.283 e. The van der Waals surface area contributed by atoms with Gasteiger partial charge < -0.3 is 15.5 Å². The Hall–Kier alpha value is -1.02. The van der Waals surface area contributed by atoms with Crippen molar-refractivity contribution in [3.8, 4) is 0 Å². The van der Waals surface area contributed by atoms with E-state index in [2.05, 4.69) is 21.2 Å². The molecule has 0 aliphatic rings. The van der Waals surface area contributed by atoms with Crippen LogP contribution in [-0.4, -0.2) is 33.9 Å². The Bertz CT molecular complexity index is 437. The number of aliphatic hydroxyl groups excluding tert-OH is 1. The summed E-state index contributed by atoms with van der Waals surface area (Å²) in [5.74, 6) is 0. The SMILES string of the molecule is CC(O)(CO)CNCc1ccc(Br)c([N+](=O)[O-])c1. The second kappa shape index (κ2) is 6.24. The first-order chi connectivity index (χ1) is 8.35. The number of nitrogens with zero attached hydrogens (tertiary/aromatic N) is 1. The van der Waals surface area contributed by atoms with Crippen molar-refractivity contribution in [1.29, 1.82) is 0 Å². The van der Waals surface area contributed by atoms with Crippen LogP contribution in [0.1, 0.15) is 12.5 Å². The number of rotatable bonds is 6. The zero-order valence-electron chi connectivity index (χ0n) is 9.89. The smallest absolute Gasteiger partial charge is 0.283 e. The molecule has 0 amide bonds. The Morgan fingerprint density at radius 1 is 1.56 bits per heavy atom. The lowest BCUT2D eigenvalue weighted by molar-refractivity contribution is -0.385. The van der Waals surface area contributed by atoms with E-state index in [9.17, 15) is 15.2 Å². The van der Waals surface area contributed by atoms with Crippen molar-refractivity contribution in [1.82, 2.24) is 5.32 Å². The quantitative estimate of drug-likeness (QED) is 0.541. The summed E-state index contributed by atoms with van der Waals surface area (Å²) < 4.78 is 0.429. The summed E-state index contributed by atoms with van der Waals surface area (Å²) in [5.41, 5.74) is -0.455. The number of hydrogen-bond acceptors (Lipinski definition) is 5. The fourth-order valence-corrected chi connectivity index (χ4v) is 1.73. The maximum atomic E-state index is 10.7. The van der Waals surface area contributed by atoms with Gasteiger partial charge in [-0.2, -0.15) is 0 Å². The molecule has 0 aliphatic heterocycles. The van der Waals surface area contributed by atoms with Gasteiger partial charge in [0.2, 0.25) is 0 Å². The molecule has 7 heteroatoms.